The van der Waals surface area contributed by atoms with E-state index < -0.39 is 0 Å². The van der Waals surface area contributed by atoms with Crippen LogP contribution in [-0.4, -0.2) is 5.11 Å². The number of hydrogen-bond donors (Lipinski definition) is 1. The first-order chi connectivity index (χ1) is 1.41. The highest BCUT2D eigenvalue weighted by molar-refractivity contribution is 8.93. The van der Waals surface area contributed by atoms with Crippen molar-refractivity contribution >= 4 is 17.0 Å². The Kier molecular flexibility index (Phi) is 26.6. The third-order valence-corrected chi connectivity index (χ3v) is 0. The van der Waals surface area contributed by atoms with Gasteiger partial charge in [0, 0.05) is 0 Å². The molecule has 0 aromatic heterocycles. The Morgan fingerprint density at radius 3 is 1.75 bits per heavy atom. The molecule has 0 heterocycles. The molecule has 4 heavy (non-hydrogen) atoms. The van der Waals surface area contributed by atoms with Gasteiger partial charge in [0.15, 0.2) is 0 Å². The highest BCUT2D eigenvalue weighted by atomic mass is 79.9. The fourth-order valence-corrected chi connectivity index (χ4v) is 0. The molecular formula is C2H5BrO. The van der Waals surface area contributed by atoms with Crippen LogP contribution in [0.15, 0.2) is 12.8 Å². The van der Waals surface area contributed by atoms with E-state index in [1.807, 2.05) is 0 Å². The van der Waals surface area contributed by atoms with Gasteiger partial charge in [-0.3, -0.25) is 0 Å². The topological polar surface area (TPSA) is 20.2 Å². The van der Waals surface area contributed by atoms with Crippen LogP contribution in [0.1, 0.15) is 0 Å². The Bertz CT molecular complexity index is 13.5. The molecule has 0 radical (unpaired) electrons. The lowest BCUT2D eigenvalue weighted by Gasteiger charge is -1.41. The van der Waals surface area contributed by atoms with E-state index in [0.29, 0.717) is 0 Å². The molecule has 1 nitrogen and oxygen atoms in total. The monoisotopic (exact) mass is 124 g/mol. The molecule has 0 unspecified atom stereocenters. The lowest BCUT2D eigenvalue weighted by atomic mass is 11.2. The molecule has 0 aliphatic heterocycles. The van der Waals surface area contributed by atoms with Crippen LogP contribution in [0.3, 0.4) is 0 Å². The van der Waals surface area contributed by atoms with Gasteiger partial charge in [0.25, 0.3) is 0 Å². The average molecular weight is 125 g/mol. The summed E-state index contributed by atoms with van der Waals surface area (Å²) < 4.78 is 0. The molecule has 26 valence electrons. The summed E-state index contributed by atoms with van der Waals surface area (Å²) in [6, 6.07) is 0. The van der Waals surface area contributed by atoms with Crippen LogP contribution < -0.4 is 0 Å². The van der Waals surface area contributed by atoms with E-state index in [-0.39, 0.29) is 17.0 Å². The van der Waals surface area contributed by atoms with Gasteiger partial charge in [-0.15, -0.1) is 17.0 Å². The zero-order valence-electron chi connectivity index (χ0n) is 2.14. The van der Waals surface area contributed by atoms with Crippen LogP contribution in [0.4, 0.5) is 0 Å². The van der Waals surface area contributed by atoms with E-state index in [1.165, 1.54) is 0 Å². The van der Waals surface area contributed by atoms with Crippen LogP contribution in [0.25, 0.3) is 0 Å². The summed E-state index contributed by atoms with van der Waals surface area (Å²) in [7, 11) is 0. The Labute approximate surface area is 35.7 Å². The minimum absolute atomic E-state index is 0. The van der Waals surface area contributed by atoms with Crippen LogP contribution in [-0.2, 0) is 0 Å². The van der Waals surface area contributed by atoms with Gasteiger partial charge in [0.05, 0.1) is 6.26 Å². The molecule has 0 amide bonds. The van der Waals surface area contributed by atoms with Crippen molar-refractivity contribution in [3.8, 4) is 0 Å². The number of rotatable bonds is 0. The van der Waals surface area contributed by atoms with Crippen molar-refractivity contribution in [2.45, 2.75) is 0 Å². The fraction of sp³-hybridized carbons (Fsp3) is 0. The normalized spacial score (nSPS) is 3.00. The van der Waals surface area contributed by atoms with Crippen LogP contribution in [0.2, 0.25) is 0 Å². The predicted molar refractivity (Wildman–Crippen MR) is 23.1 cm³/mol. The highest BCUT2D eigenvalue weighted by Crippen LogP contribution is 1.26. The maximum Gasteiger partial charge on any atom is 0.0719 e. The van der Waals surface area contributed by atoms with Crippen molar-refractivity contribution < 1.29 is 5.11 Å². The van der Waals surface area contributed by atoms with Gasteiger partial charge in [-0.25, -0.2) is 0 Å². The minimum Gasteiger partial charge on any atom is -0.516 e. The number of halogens is 1. The minimum atomic E-state index is 0. The van der Waals surface area contributed by atoms with Gasteiger partial charge in [-0.1, -0.05) is 6.58 Å². The van der Waals surface area contributed by atoms with Gasteiger partial charge in [0.1, 0.15) is 0 Å². The van der Waals surface area contributed by atoms with Gasteiger partial charge in [0.2, 0.25) is 0 Å². The molecule has 0 bridgehead atoms. The first-order valence-corrected chi connectivity index (χ1v) is 0.666. The van der Waals surface area contributed by atoms with E-state index in [4.69, 9.17) is 5.11 Å². The summed E-state index contributed by atoms with van der Waals surface area (Å²) in [6.45, 7) is 2.92. The molecule has 0 aromatic carbocycles. The largest absolute Gasteiger partial charge is 0.516 e. The maximum atomic E-state index is 7.33. The Morgan fingerprint density at radius 2 is 1.75 bits per heavy atom. The lowest BCUT2D eigenvalue weighted by molar-refractivity contribution is 0.476. The molecule has 0 rings (SSSR count). The Morgan fingerprint density at radius 1 is 1.75 bits per heavy atom. The summed E-state index contributed by atoms with van der Waals surface area (Å²) >= 11 is 0. The van der Waals surface area contributed by atoms with Crippen molar-refractivity contribution in [2.24, 2.45) is 0 Å². The van der Waals surface area contributed by atoms with Gasteiger partial charge < -0.3 is 5.11 Å². The van der Waals surface area contributed by atoms with Crippen molar-refractivity contribution in [2.75, 3.05) is 0 Å². The summed E-state index contributed by atoms with van der Waals surface area (Å²) in [5.41, 5.74) is 0. The fourth-order valence-electron chi connectivity index (χ4n) is 0. The summed E-state index contributed by atoms with van der Waals surface area (Å²) in [6.07, 6.45) is 0.750. The zero-order chi connectivity index (χ0) is 2.71. The standard InChI is InChI=1S/C2H4O.BrH/c1-2-3;/h2-3H,1H2;1H. The molecule has 0 fully saturated rings. The Balaban J connectivity index is 0. The van der Waals surface area contributed by atoms with E-state index in [2.05, 4.69) is 6.58 Å². The average Bonchev–Trinajstić information content (AvgIpc) is 0.918. The summed E-state index contributed by atoms with van der Waals surface area (Å²) in [4.78, 5) is 0. The number of aliphatic hydroxyl groups excluding tert-OH is 1. The highest BCUT2D eigenvalue weighted by Gasteiger charge is 1.11. The summed E-state index contributed by atoms with van der Waals surface area (Å²) in [5, 5.41) is 7.33. The molecule has 0 aliphatic rings. The molecule has 0 atom stereocenters. The molecule has 0 aliphatic carbocycles. The van der Waals surface area contributed by atoms with Gasteiger partial charge in [-0.2, -0.15) is 0 Å². The van der Waals surface area contributed by atoms with Crippen molar-refractivity contribution in [1.82, 2.24) is 0 Å². The molecule has 1 N–H and O–H groups in total. The third kappa shape index (κ3) is 5250. The smallest absolute Gasteiger partial charge is 0.0719 e. The second-order valence-corrected chi connectivity index (χ2v) is 0.183. The number of aliphatic hydroxyl groups is 1. The molecule has 0 saturated heterocycles. The molecule has 0 spiro atoms. The van der Waals surface area contributed by atoms with Crippen LogP contribution >= 0.6 is 17.0 Å². The number of hydrogen-bond acceptors (Lipinski definition) is 1. The van der Waals surface area contributed by atoms with Crippen LogP contribution in [0.5, 0.6) is 0 Å². The van der Waals surface area contributed by atoms with Crippen molar-refractivity contribution in [1.29, 1.82) is 0 Å². The molecular weight excluding hydrogens is 120 g/mol. The van der Waals surface area contributed by atoms with E-state index in [9.17, 15) is 0 Å². The van der Waals surface area contributed by atoms with E-state index in [1.54, 1.807) is 0 Å². The zero-order valence-corrected chi connectivity index (χ0v) is 3.85. The third-order valence-electron chi connectivity index (χ3n) is 0. The van der Waals surface area contributed by atoms with Gasteiger partial charge in [-0.05, 0) is 0 Å². The van der Waals surface area contributed by atoms with E-state index in [0.717, 1.165) is 6.26 Å². The SMILES string of the molecule is Br.C=CO. The first kappa shape index (κ1) is 8.99. The molecule has 0 saturated carbocycles. The van der Waals surface area contributed by atoms with Gasteiger partial charge >= 0.3 is 0 Å². The van der Waals surface area contributed by atoms with Crippen molar-refractivity contribution in [3.63, 3.8) is 0 Å². The first-order valence-electron chi connectivity index (χ1n) is 0.666. The Hall–Kier alpha value is 0.0200. The lowest BCUT2D eigenvalue weighted by Crippen LogP contribution is -1.25. The van der Waals surface area contributed by atoms with Crippen molar-refractivity contribution in [3.05, 3.63) is 12.8 Å². The van der Waals surface area contributed by atoms with Crippen LogP contribution in [0, 0.1) is 0 Å². The molecule has 2 heteroatoms. The predicted octanol–water partition coefficient (Wildman–Crippen LogP) is 1.27. The quantitative estimate of drug-likeness (QED) is 0.483. The second-order valence-electron chi connectivity index (χ2n) is 0.183. The summed E-state index contributed by atoms with van der Waals surface area (Å²) in [5.74, 6) is 0. The molecule has 0 aromatic rings. The maximum absolute atomic E-state index is 7.33. The van der Waals surface area contributed by atoms with E-state index >= 15 is 0 Å². The second kappa shape index (κ2) is 11.8.